The van der Waals surface area contributed by atoms with Crippen molar-refractivity contribution in [1.82, 2.24) is 20.5 Å². The van der Waals surface area contributed by atoms with Gasteiger partial charge in [0.25, 0.3) is 0 Å². The van der Waals surface area contributed by atoms with Crippen molar-refractivity contribution in [3.8, 4) is 0 Å². The van der Waals surface area contributed by atoms with Crippen LogP contribution in [-0.4, -0.2) is 68.3 Å². The topological polar surface area (TPSA) is 61.8 Å². The number of methoxy groups -OCH3 is 1. The highest BCUT2D eigenvalue weighted by atomic mass is 32.1. The molecular weight excluding hydrogens is 322 g/mol. The van der Waals surface area contributed by atoms with Crippen LogP contribution >= 0.6 is 11.3 Å². The van der Waals surface area contributed by atoms with Gasteiger partial charge in [0, 0.05) is 50.3 Å². The van der Waals surface area contributed by atoms with Gasteiger partial charge in [-0.15, -0.1) is 11.3 Å². The van der Waals surface area contributed by atoms with Crippen LogP contribution in [0.4, 0.5) is 0 Å². The van der Waals surface area contributed by atoms with Crippen molar-refractivity contribution in [1.29, 1.82) is 0 Å². The molecule has 1 aromatic heterocycles. The van der Waals surface area contributed by atoms with Crippen LogP contribution < -0.4 is 10.6 Å². The minimum absolute atomic E-state index is 0.539. The van der Waals surface area contributed by atoms with Gasteiger partial charge in [0.15, 0.2) is 5.96 Å². The van der Waals surface area contributed by atoms with Gasteiger partial charge in [-0.25, -0.2) is 4.98 Å². The second-order valence-electron chi connectivity index (χ2n) is 6.09. The zero-order valence-electron chi connectivity index (χ0n) is 15.2. The summed E-state index contributed by atoms with van der Waals surface area (Å²) in [5.74, 6) is 0.907. The third-order valence-electron chi connectivity index (χ3n) is 4.19. The van der Waals surface area contributed by atoms with E-state index in [2.05, 4.69) is 34.4 Å². The van der Waals surface area contributed by atoms with Crippen molar-refractivity contribution in [2.75, 3.05) is 46.4 Å². The zero-order chi connectivity index (χ0) is 17.2. The molecule has 2 N–H and O–H groups in total. The Morgan fingerprint density at radius 3 is 3.08 bits per heavy atom. The molecule has 1 aromatic rings. The molecule has 24 heavy (non-hydrogen) atoms. The molecule has 0 radical (unpaired) electrons. The molecule has 0 saturated carbocycles. The molecule has 1 aliphatic heterocycles. The fraction of sp³-hybridized carbons (Fsp3) is 0.765. The molecule has 1 aliphatic rings. The van der Waals surface area contributed by atoms with Crippen LogP contribution in [0.15, 0.2) is 11.2 Å². The van der Waals surface area contributed by atoms with Crippen molar-refractivity contribution in [2.24, 2.45) is 4.99 Å². The summed E-state index contributed by atoms with van der Waals surface area (Å²) >= 11 is 1.76. The van der Waals surface area contributed by atoms with E-state index in [0.717, 1.165) is 51.7 Å². The Balaban J connectivity index is 1.78. The summed E-state index contributed by atoms with van der Waals surface area (Å²) in [6.45, 7) is 9.73. The van der Waals surface area contributed by atoms with Crippen LogP contribution in [0.5, 0.6) is 0 Å². The van der Waals surface area contributed by atoms with Crippen LogP contribution in [0.1, 0.15) is 29.7 Å². The van der Waals surface area contributed by atoms with Crippen molar-refractivity contribution >= 4 is 17.3 Å². The number of hydrogen-bond donors (Lipinski definition) is 2. The lowest BCUT2D eigenvalue weighted by molar-refractivity contribution is 0.142. The Labute approximate surface area is 149 Å². The highest BCUT2D eigenvalue weighted by Gasteiger charge is 2.23. The number of rotatable bonds is 9. The zero-order valence-corrected chi connectivity index (χ0v) is 16.0. The lowest BCUT2D eigenvalue weighted by Crippen LogP contribution is -2.40. The molecule has 2 rings (SSSR count). The third kappa shape index (κ3) is 6.37. The summed E-state index contributed by atoms with van der Waals surface area (Å²) in [6, 6.07) is 0.539. The molecular formula is C17H31N5OS. The van der Waals surface area contributed by atoms with Gasteiger partial charge in [-0.3, -0.25) is 9.89 Å². The Bertz CT molecular complexity index is 505. The second-order valence-corrected chi connectivity index (χ2v) is 7.41. The van der Waals surface area contributed by atoms with E-state index >= 15 is 0 Å². The minimum Gasteiger partial charge on any atom is -0.383 e. The first-order chi connectivity index (χ1) is 11.7. The van der Waals surface area contributed by atoms with E-state index in [1.807, 2.05) is 6.20 Å². The highest BCUT2D eigenvalue weighted by Crippen LogP contribution is 2.16. The molecule has 0 amide bonds. The van der Waals surface area contributed by atoms with E-state index in [1.165, 1.54) is 22.7 Å². The van der Waals surface area contributed by atoms with Crippen LogP contribution in [0.3, 0.4) is 0 Å². The van der Waals surface area contributed by atoms with Crippen LogP contribution in [0.2, 0.25) is 0 Å². The van der Waals surface area contributed by atoms with Gasteiger partial charge in [0.1, 0.15) is 0 Å². The maximum Gasteiger partial charge on any atom is 0.191 e. The van der Waals surface area contributed by atoms with Crippen LogP contribution in [0, 0.1) is 6.92 Å². The fourth-order valence-corrected chi connectivity index (χ4v) is 3.73. The van der Waals surface area contributed by atoms with Gasteiger partial charge in [-0.1, -0.05) is 0 Å². The smallest absolute Gasteiger partial charge is 0.191 e. The molecule has 2 heterocycles. The number of thiazole rings is 1. The number of likely N-dealkylation sites (tertiary alicyclic amines) is 1. The Morgan fingerprint density at radius 1 is 1.50 bits per heavy atom. The molecule has 0 aliphatic carbocycles. The molecule has 136 valence electrons. The van der Waals surface area contributed by atoms with Gasteiger partial charge >= 0.3 is 0 Å². The number of hydrogen-bond acceptors (Lipinski definition) is 5. The van der Waals surface area contributed by atoms with Gasteiger partial charge in [-0.05, 0) is 33.2 Å². The number of guanidine groups is 1. The molecule has 6 nitrogen and oxygen atoms in total. The normalized spacial score (nSPS) is 19.0. The molecule has 0 aromatic carbocycles. The first kappa shape index (κ1) is 19.1. The SMILES string of the molecule is CCNC(=NCC1CCCN1CCOC)NCCc1ncc(C)s1. The van der Waals surface area contributed by atoms with E-state index in [9.17, 15) is 0 Å². The summed E-state index contributed by atoms with van der Waals surface area (Å²) in [4.78, 5) is 13.0. The molecule has 7 heteroatoms. The summed E-state index contributed by atoms with van der Waals surface area (Å²) in [5, 5.41) is 7.94. The minimum atomic E-state index is 0.539. The Kier molecular flexibility index (Phi) is 8.49. The maximum atomic E-state index is 5.21. The van der Waals surface area contributed by atoms with Gasteiger partial charge in [0.2, 0.25) is 0 Å². The van der Waals surface area contributed by atoms with Crippen LogP contribution in [-0.2, 0) is 11.2 Å². The average Bonchev–Trinajstić information content (AvgIpc) is 3.19. The van der Waals surface area contributed by atoms with Gasteiger partial charge in [-0.2, -0.15) is 0 Å². The van der Waals surface area contributed by atoms with E-state index in [-0.39, 0.29) is 0 Å². The van der Waals surface area contributed by atoms with Crippen molar-refractivity contribution in [2.45, 2.75) is 39.2 Å². The van der Waals surface area contributed by atoms with Crippen molar-refractivity contribution in [3.05, 3.63) is 16.1 Å². The van der Waals surface area contributed by atoms with Gasteiger partial charge in [0.05, 0.1) is 18.2 Å². The largest absolute Gasteiger partial charge is 0.383 e. The third-order valence-corrected chi connectivity index (χ3v) is 5.16. The molecule has 1 fully saturated rings. The van der Waals surface area contributed by atoms with E-state index in [4.69, 9.17) is 9.73 Å². The molecule has 1 saturated heterocycles. The average molecular weight is 354 g/mol. The summed E-state index contributed by atoms with van der Waals surface area (Å²) in [7, 11) is 1.76. The van der Waals surface area contributed by atoms with E-state index < -0.39 is 0 Å². The predicted molar refractivity (Wildman–Crippen MR) is 101 cm³/mol. The van der Waals surface area contributed by atoms with Crippen molar-refractivity contribution in [3.63, 3.8) is 0 Å². The van der Waals surface area contributed by atoms with Crippen LogP contribution in [0.25, 0.3) is 0 Å². The Morgan fingerprint density at radius 2 is 2.38 bits per heavy atom. The first-order valence-corrected chi connectivity index (χ1v) is 9.71. The number of nitrogens with one attached hydrogen (secondary N) is 2. The second kappa shape index (κ2) is 10.6. The lowest BCUT2D eigenvalue weighted by atomic mass is 10.2. The Hall–Kier alpha value is -1.18. The monoisotopic (exact) mass is 353 g/mol. The van der Waals surface area contributed by atoms with Crippen molar-refractivity contribution < 1.29 is 4.74 Å². The summed E-state index contributed by atoms with van der Waals surface area (Å²) in [6.07, 6.45) is 5.36. The molecule has 1 unspecified atom stereocenters. The molecule has 0 spiro atoms. The molecule has 0 bridgehead atoms. The fourth-order valence-electron chi connectivity index (χ4n) is 2.95. The number of aliphatic imine (C=N–C) groups is 1. The lowest BCUT2D eigenvalue weighted by Gasteiger charge is -2.23. The highest BCUT2D eigenvalue weighted by molar-refractivity contribution is 7.11. The summed E-state index contributed by atoms with van der Waals surface area (Å²) in [5.41, 5.74) is 0. The number of nitrogens with zero attached hydrogens (tertiary/aromatic N) is 3. The predicted octanol–water partition coefficient (Wildman–Crippen LogP) is 1.66. The standard InChI is InChI=1S/C17H31N5OS/c1-4-18-17(19-8-7-16-20-12-14(2)24-16)21-13-15-6-5-9-22(15)10-11-23-3/h12,15H,4-11,13H2,1-3H3,(H2,18,19,21). The molecule has 1 atom stereocenters. The van der Waals surface area contributed by atoms with E-state index in [0.29, 0.717) is 6.04 Å². The number of ether oxygens (including phenoxy) is 1. The van der Waals surface area contributed by atoms with Gasteiger partial charge < -0.3 is 15.4 Å². The number of aromatic nitrogens is 1. The quantitative estimate of drug-likeness (QED) is 0.522. The van der Waals surface area contributed by atoms with E-state index in [1.54, 1.807) is 18.4 Å². The first-order valence-electron chi connectivity index (χ1n) is 8.89. The summed E-state index contributed by atoms with van der Waals surface area (Å²) < 4.78 is 5.21. The number of aryl methyl sites for hydroxylation is 1. The maximum absolute atomic E-state index is 5.21.